The zero-order chi connectivity index (χ0) is 12.5. The lowest BCUT2D eigenvalue weighted by molar-refractivity contribution is 0.475. The average Bonchev–Trinajstić information content (AvgIpc) is 2.88. The molecule has 0 saturated carbocycles. The predicted octanol–water partition coefficient (Wildman–Crippen LogP) is 2.14. The maximum Gasteiger partial charge on any atom is 0.180 e. The van der Waals surface area contributed by atoms with Crippen LogP contribution in [0.3, 0.4) is 0 Å². The van der Waals surface area contributed by atoms with Gasteiger partial charge in [0.1, 0.15) is 5.75 Å². The van der Waals surface area contributed by atoms with Gasteiger partial charge in [0, 0.05) is 25.0 Å². The summed E-state index contributed by atoms with van der Waals surface area (Å²) < 4.78 is 1.96. The SMILES string of the molecule is CNc1ncc(-c2ccc(O)cc2)n2ccnc12. The van der Waals surface area contributed by atoms with E-state index in [0.29, 0.717) is 0 Å². The van der Waals surface area contributed by atoms with Gasteiger partial charge in [-0.15, -0.1) is 0 Å². The molecule has 0 radical (unpaired) electrons. The summed E-state index contributed by atoms with van der Waals surface area (Å²) >= 11 is 0. The fraction of sp³-hybridized carbons (Fsp3) is 0.0769. The van der Waals surface area contributed by atoms with Crippen LogP contribution < -0.4 is 5.32 Å². The van der Waals surface area contributed by atoms with Gasteiger partial charge in [0.15, 0.2) is 11.5 Å². The molecular formula is C13H12N4O. The lowest BCUT2D eigenvalue weighted by atomic mass is 10.1. The number of phenolic OH excluding ortho intramolecular Hbond substituents is 1. The zero-order valence-electron chi connectivity index (χ0n) is 9.83. The molecule has 5 nitrogen and oxygen atoms in total. The Hall–Kier alpha value is -2.56. The highest BCUT2D eigenvalue weighted by Gasteiger charge is 2.08. The largest absolute Gasteiger partial charge is 0.508 e. The molecule has 90 valence electrons. The second-order valence-corrected chi connectivity index (χ2v) is 3.91. The number of aromatic hydroxyl groups is 1. The molecule has 0 amide bonds. The van der Waals surface area contributed by atoms with Crippen molar-refractivity contribution in [3.8, 4) is 17.0 Å². The van der Waals surface area contributed by atoms with Gasteiger partial charge in [0.05, 0.1) is 11.9 Å². The van der Waals surface area contributed by atoms with Gasteiger partial charge in [0.25, 0.3) is 0 Å². The molecule has 0 aliphatic carbocycles. The molecule has 0 fully saturated rings. The van der Waals surface area contributed by atoms with Crippen molar-refractivity contribution in [1.82, 2.24) is 14.4 Å². The number of fused-ring (bicyclic) bond motifs is 1. The summed E-state index contributed by atoms with van der Waals surface area (Å²) in [6.45, 7) is 0. The van der Waals surface area contributed by atoms with Crippen LogP contribution in [0.5, 0.6) is 5.75 Å². The highest BCUT2D eigenvalue weighted by molar-refractivity contribution is 5.70. The summed E-state index contributed by atoms with van der Waals surface area (Å²) in [7, 11) is 1.82. The molecule has 0 unspecified atom stereocenters. The number of hydrogen-bond acceptors (Lipinski definition) is 4. The third-order valence-corrected chi connectivity index (χ3v) is 2.83. The van der Waals surface area contributed by atoms with Crippen LogP contribution in [0.25, 0.3) is 16.9 Å². The summed E-state index contributed by atoms with van der Waals surface area (Å²) in [6.07, 6.45) is 5.41. The number of rotatable bonds is 2. The van der Waals surface area contributed by atoms with Crippen molar-refractivity contribution >= 4 is 11.5 Å². The predicted molar refractivity (Wildman–Crippen MR) is 69.6 cm³/mol. The topological polar surface area (TPSA) is 62.5 Å². The molecule has 5 heteroatoms. The lowest BCUT2D eigenvalue weighted by Crippen LogP contribution is -1.99. The quantitative estimate of drug-likeness (QED) is 0.720. The van der Waals surface area contributed by atoms with E-state index in [1.54, 1.807) is 24.5 Å². The number of hydrogen-bond donors (Lipinski definition) is 2. The van der Waals surface area contributed by atoms with Gasteiger partial charge >= 0.3 is 0 Å². The van der Waals surface area contributed by atoms with Crippen LogP contribution in [0.15, 0.2) is 42.9 Å². The van der Waals surface area contributed by atoms with E-state index in [1.165, 1.54) is 0 Å². The Balaban J connectivity index is 2.24. The van der Waals surface area contributed by atoms with E-state index in [1.807, 2.05) is 29.8 Å². The van der Waals surface area contributed by atoms with Crippen molar-refractivity contribution in [1.29, 1.82) is 0 Å². The number of benzene rings is 1. The Kier molecular flexibility index (Phi) is 2.37. The number of anilines is 1. The fourth-order valence-electron chi connectivity index (χ4n) is 1.94. The molecule has 3 aromatic rings. The number of nitrogens with zero attached hydrogens (tertiary/aromatic N) is 3. The Morgan fingerprint density at radius 1 is 1.17 bits per heavy atom. The molecule has 0 aliphatic heterocycles. The van der Waals surface area contributed by atoms with Crippen molar-refractivity contribution in [2.45, 2.75) is 0 Å². The summed E-state index contributed by atoms with van der Waals surface area (Å²) in [6, 6.07) is 7.02. The highest BCUT2D eigenvalue weighted by Crippen LogP contribution is 2.24. The van der Waals surface area contributed by atoms with Crippen LogP contribution in [0, 0.1) is 0 Å². The second-order valence-electron chi connectivity index (χ2n) is 3.91. The van der Waals surface area contributed by atoms with Crippen molar-refractivity contribution in [3.63, 3.8) is 0 Å². The third-order valence-electron chi connectivity index (χ3n) is 2.83. The van der Waals surface area contributed by atoms with E-state index in [2.05, 4.69) is 15.3 Å². The standard InChI is InChI=1S/C13H12N4O/c1-14-12-13-15-6-7-17(13)11(8-16-12)9-2-4-10(18)5-3-9/h2-8,18H,1H3,(H,14,16). The first-order valence-electron chi connectivity index (χ1n) is 5.59. The summed E-state index contributed by atoms with van der Waals surface area (Å²) in [5.41, 5.74) is 2.69. The molecule has 0 spiro atoms. The van der Waals surface area contributed by atoms with Gasteiger partial charge in [-0.3, -0.25) is 4.40 Å². The maximum absolute atomic E-state index is 9.31. The number of phenols is 1. The normalized spacial score (nSPS) is 10.7. The molecule has 2 aromatic heterocycles. The third kappa shape index (κ3) is 1.57. The van der Waals surface area contributed by atoms with Crippen molar-refractivity contribution in [2.75, 3.05) is 12.4 Å². The van der Waals surface area contributed by atoms with Gasteiger partial charge in [0.2, 0.25) is 0 Å². The Bertz CT molecular complexity index is 688. The average molecular weight is 240 g/mol. The van der Waals surface area contributed by atoms with Crippen LogP contribution in [0.2, 0.25) is 0 Å². The summed E-state index contributed by atoms with van der Waals surface area (Å²) in [5.74, 6) is 0.989. The van der Waals surface area contributed by atoms with E-state index in [4.69, 9.17) is 0 Å². The molecule has 1 aromatic carbocycles. The van der Waals surface area contributed by atoms with Crippen LogP contribution in [-0.4, -0.2) is 26.5 Å². The smallest absolute Gasteiger partial charge is 0.180 e. The number of aromatic nitrogens is 3. The summed E-state index contributed by atoms with van der Waals surface area (Å²) in [5, 5.41) is 12.3. The van der Waals surface area contributed by atoms with Crippen LogP contribution in [-0.2, 0) is 0 Å². The van der Waals surface area contributed by atoms with Crippen LogP contribution >= 0.6 is 0 Å². The van der Waals surface area contributed by atoms with E-state index in [9.17, 15) is 5.11 Å². The van der Waals surface area contributed by atoms with Crippen LogP contribution in [0.1, 0.15) is 0 Å². The highest BCUT2D eigenvalue weighted by atomic mass is 16.3. The molecule has 2 N–H and O–H groups in total. The van der Waals surface area contributed by atoms with Gasteiger partial charge in [-0.1, -0.05) is 0 Å². The molecule has 0 aliphatic rings. The van der Waals surface area contributed by atoms with E-state index >= 15 is 0 Å². The van der Waals surface area contributed by atoms with E-state index < -0.39 is 0 Å². The maximum atomic E-state index is 9.31. The minimum Gasteiger partial charge on any atom is -0.508 e. The first kappa shape index (κ1) is 10.6. The first-order valence-corrected chi connectivity index (χ1v) is 5.59. The molecule has 0 saturated heterocycles. The molecule has 3 rings (SSSR count). The van der Waals surface area contributed by atoms with Crippen LogP contribution in [0.4, 0.5) is 5.82 Å². The Morgan fingerprint density at radius 2 is 1.94 bits per heavy atom. The Morgan fingerprint density at radius 3 is 2.67 bits per heavy atom. The number of nitrogens with one attached hydrogen (secondary N) is 1. The van der Waals surface area contributed by atoms with E-state index in [0.717, 1.165) is 22.7 Å². The van der Waals surface area contributed by atoms with Gasteiger partial charge < -0.3 is 10.4 Å². The van der Waals surface area contributed by atoms with Gasteiger partial charge in [-0.25, -0.2) is 9.97 Å². The minimum atomic E-state index is 0.250. The molecule has 0 atom stereocenters. The molecule has 18 heavy (non-hydrogen) atoms. The van der Waals surface area contributed by atoms with Crippen molar-refractivity contribution in [3.05, 3.63) is 42.9 Å². The van der Waals surface area contributed by atoms with Gasteiger partial charge in [-0.2, -0.15) is 0 Å². The zero-order valence-corrected chi connectivity index (χ0v) is 9.83. The van der Waals surface area contributed by atoms with Crippen molar-refractivity contribution in [2.24, 2.45) is 0 Å². The van der Waals surface area contributed by atoms with Crippen molar-refractivity contribution < 1.29 is 5.11 Å². The Labute approximate surface area is 104 Å². The fourth-order valence-corrected chi connectivity index (χ4v) is 1.94. The molecule has 2 heterocycles. The number of imidazole rings is 1. The van der Waals surface area contributed by atoms with Gasteiger partial charge in [-0.05, 0) is 24.3 Å². The molecule has 0 bridgehead atoms. The first-order chi connectivity index (χ1) is 8.79. The molecular weight excluding hydrogens is 228 g/mol. The monoisotopic (exact) mass is 240 g/mol. The minimum absolute atomic E-state index is 0.250. The summed E-state index contributed by atoms with van der Waals surface area (Å²) in [4.78, 5) is 8.62. The van der Waals surface area contributed by atoms with E-state index in [-0.39, 0.29) is 5.75 Å². The second kappa shape index (κ2) is 4.03. The lowest BCUT2D eigenvalue weighted by Gasteiger charge is -2.08.